The highest BCUT2D eigenvalue weighted by molar-refractivity contribution is 5.88. The van der Waals surface area contributed by atoms with Crippen LogP contribution in [0.15, 0.2) is 72.8 Å². The van der Waals surface area contributed by atoms with Crippen LogP contribution in [0.2, 0.25) is 0 Å². The van der Waals surface area contributed by atoms with Gasteiger partial charge >= 0.3 is 5.97 Å². The maximum absolute atomic E-state index is 13.9. The smallest absolute Gasteiger partial charge is 0.326 e. The minimum absolute atomic E-state index is 0.0708. The van der Waals surface area contributed by atoms with Crippen molar-refractivity contribution in [3.8, 4) is 11.5 Å². The van der Waals surface area contributed by atoms with E-state index in [9.17, 15) is 19.8 Å². The Bertz CT molecular complexity index is 1270. The second-order valence-corrected chi connectivity index (χ2v) is 9.71. The van der Waals surface area contributed by atoms with Crippen LogP contribution in [0.3, 0.4) is 0 Å². The van der Waals surface area contributed by atoms with Gasteiger partial charge in [0.15, 0.2) is 17.6 Å². The third kappa shape index (κ3) is 5.37. The van der Waals surface area contributed by atoms with Gasteiger partial charge in [0.05, 0.1) is 19.3 Å². The molecule has 2 atom stereocenters. The number of nitrogens with zero attached hydrogens (tertiary/aromatic N) is 1. The van der Waals surface area contributed by atoms with Crippen LogP contribution in [0, 0.1) is 0 Å². The molecule has 1 saturated carbocycles. The molecule has 2 N–H and O–H groups in total. The molecule has 0 aromatic heterocycles. The maximum atomic E-state index is 13.9. The van der Waals surface area contributed by atoms with Crippen LogP contribution < -0.4 is 9.47 Å². The summed E-state index contributed by atoms with van der Waals surface area (Å²) in [5, 5.41) is 19.9. The number of methoxy groups -OCH3 is 1. The molecular formula is C30H31NO7. The molecule has 0 saturated heterocycles. The molecule has 198 valence electrons. The highest BCUT2D eigenvalue weighted by Gasteiger charge is 2.42. The summed E-state index contributed by atoms with van der Waals surface area (Å²) in [6, 6.07) is 21.3. The topological polar surface area (TPSA) is 106 Å². The molecule has 8 nitrogen and oxygen atoms in total. The molecule has 3 aromatic carbocycles. The number of aliphatic carboxylic acids is 1. The van der Waals surface area contributed by atoms with E-state index in [1.54, 1.807) is 25.3 Å². The van der Waals surface area contributed by atoms with Crippen molar-refractivity contribution in [3.05, 3.63) is 95.1 Å². The lowest BCUT2D eigenvalue weighted by Crippen LogP contribution is -2.51. The molecule has 0 bridgehead atoms. The van der Waals surface area contributed by atoms with Gasteiger partial charge in [-0.15, -0.1) is 0 Å². The molecule has 2 aliphatic rings. The normalized spacial score (nSPS) is 21.1. The van der Waals surface area contributed by atoms with Crippen LogP contribution >= 0.6 is 0 Å². The van der Waals surface area contributed by atoms with Crippen molar-refractivity contribution in [2.45, 2.75) is 56.8 Å². The zero-order valence-electron chi connectivity index (χ0n) is 21.2. The first-order chi connectivity index (χ1) is 18.4. The fourth-order valence-corrected chi connectivity index (χ4v) is 5.02. The van der Waals surface area contributed by atoms with E-state index in [0.29, 0.717) is 36.5 Å². The number of carboxylic acids is 1. The number of ether oxygens (including phenoxy) is 3. The van der Waals surface area contributed by atoms with Crippen LogP contribution in [0.1, 0.15) is 41.2 Å². The number of aliphatic hydroxyl groups excluding tert-OH is 1. The quantitative estimate of drug-likeness (QED) is 0.444. The first-order valence-electron chi connectivity index (χ1n) is 12.7. The summed E-state index contributed by atoms with van der Waals surface area (Å²) in [7, 11) is 1.55. The Balaban J connectivity index is 1.45. The Morgan fingerprint density at radius 2 is 1.68 bits per heavy atom. The average molecular weight is 518 g/mol. The molecular weight excluding hydrogens is 486 g/mol. The monoisotopic (exact) mass is 517 g/mol. The number of carboxylic acid groups (broad SMARTS) is 1. The second-order valence-electron chi connectivity index (χ2n) is 9.71. The summed E-state index contributed by atoms with van der Waals surface area (Å²) in [4.78, 5) is 27.8. The average Bonchev–Trinajstić information content (AvgIpc) is 2.93. The first-order valence-corrected chi connectivity index (χ1v) is 12.7. The summed E-state index contributed by atoms with van der Waals surface area (Å²) >= 11 is 0. The first kappa shape index (κ1) is 25.8. The van der Waals surface area contributed by atoms with Crippen molar-refractivity contribution in [2.75, 3.05) is 7.11 Å². The van der Waals surface area contributed by atoms with Gasteiger partial charge in [-0.25, -0.2) is 4.79 Å². The Morgan fingerprint density at radius 3 is 2.32 bits per heavy atom. The summed E-state index contributed by atoms with van der Waals surface area (Å²) in [6.07, 6.45) is -0.704. The molecule has 1 fully saturated rings. The number of amides is 1. The van der Waals surface area contributed by atoms with Crippen LogP contribution in [0.25, 0.3) is 0 Å². The van der Waals surface area contributed by atoms with Gasteiger partial charge in [0, 0.05) is 18.5 Å². The molecule has 38 heavy (non-hydrogen) atoms. The van der Waals surface area contributed by atoms with Gasteiger partial charge in [-0.2, -0.15) is 0 Å². The highest BCUT2D eigenvalue weighted by Crippen LogP contribution is 2.40. The summed E-state index contributed by atoms with van der Waals surface area (Å²) < 4.78 is 17.8. The molecule has 1 aliphatic heterocycles. The number of carbonyl (C=O) groups excluding carboxylic acids is 1. The van der Waals surface area contributed by atoms with Crippen LogP contribution in [-0.4, -0.2) is 52.3 Å². The Kier molecular flexibility index (Phi) is 7.62. The highest BCUT2D eigenvalue weighted by atomic mass is 16.5. The summed E-state index contributed by atoms with van der Waals surface area (Å²) in [5.41, 5.74) is 3.13. The molecule has 8 heteroatoms. The van der Waals surface area contributed by atoms with E-state index in [-0.39, 0.29) is 19.1 Å². The number of rotatable bonds is 9. The minimum Gasteiger partial charge on any atom is -0.493 e. The fourth-order valence-electron chi connectivity index (χ4n) is 5.02. The third-order valence-electron chi connectivity index (χ3n) is 7.17. The zero-order valence-corrected chi connectivity index (χ0v) is 21.2. The number of fused-ring (bicyclic) bond motifs is 1. The van der Waals surface area contributed by atoms with Gasteiger partial charge in [-0.1, -0.05) is 66.7 Å². The molecule has 3 aromatic rings. The maximum Gasteiger partial charge on any atom is 0.326 e. The minimum atomic E-state index is -1.11. The molecule has 0 radical (unpaired) electrons. The standard InChI is InChI=1S/C30H31NO7/c1-36-26-13-12-21-17-31(29(33)27(20-10-6-3-7-11-20)38-23-14-22(32)15-23)25(30(34)35)16-24(21)28(26)37-18-19-8-4-2-5-9-19/h2-13,22-23,25,27,32H,14-18H2,1H3,(H,34,35)/t22-,23+,25-,27+/m1/s1. The number of hydrogen-bond acceptors (Lipinski definition) is 6. The lowest BCUT2D eigenvalue weighted by molar-refractivity contribution is -0.167. The molecule has 1 amide bonds. The van der Waals surface area contributed by atoms with Crippen LogP contribution in [0.5, 0.6) is 11.5 Å². The Morgan fingerprint density at radius 1 is 1.00 bits per heavy atom. The third-order valence-corrected chi connectivity index (χ3v) is 7.17. The van der Waals surface area contributed by atoms with Crippen LogP contribution in [0.4, 0.5) is 0 Å². The lowest BCUT2D eigenvalue weighted by Gasteiger charge is -2.39. The predicted octanol–water partition coefficient (Wildman–Crippen LogP) is 3.89. The van der Waals surface area contributed by atoms with Crippen molar-refractivity contribution in [1.82, 2.24) is 4.90 Å². The van der Waals surface area contributed by atoms with Crippen molar-refractivity contribution < 1.29 is 34.0 Å². The van der Waals surface area contributed by atoms with Crippen molar-refractivity contribution in [3.63, 3.8) is 0 Å². The summed E-state index contributed by atoms with van der Waals surface area (Å²) in [6.45, 7) is 0.391. The van der Waals surface area contributed by atoms with Crippen molar-refractivity contribution in [1.29, 1.82) is 0 Å². The van der Waals surface area contributed by atoms with Gasteiger partial charge in [-0.05, 0) is 35.6 Å². The van der Waals surface area contributed by atoms with E-state index in [4.69, 9.17) is 14.2 Å². The van der Waals surface area contributed by atoms with Gasteiger partial charge in [0.25, 0.3) is 5.91 Å². The van der Waals surface area contributed by atoms with E-state index < -0.39 is 30.1 Å². The number of benzene rings is 3. The molecule has 5 rings (SSSR count). The predicted molar refractivity (Wildman–Crippen MR) is 139 cm³/mol. The number of carbonyl (C=O) groups is 2. The van der Waals surface area contributed by atoms with E-state index in [0.717, 1.165) is 16.7 Å². The van der Waals surface area contributed by atoms with E-state index in [1.807, 2.05) is 54.6 Å². The molecule has 1 heterocycles. The number of aliphatic hydroxyl groups is 1. The Labute approximate surface area is 221 Å². The SMILES string of the molecule is COc1ccc2c(c1OCc1ccccc1)C[C@H](C(=O)O)N(C(=O)[C@@H](O[C@H]1C[C@@H](O)C1)c1ccccc1)C2. The van der Waals surface area contributed by atoms with Crippen LogP contribution in [-0.2, 0) is 33.9 Å². The number of hydrogen-bond donors (Lipinski definition) is 2. The molecule has 0 unspecified atom stereocenters. The largest absolute Gasteiger partial charge is 0.493 e. The fraction of sp³-hybridized carbons (Fsp3) is 0.333. The van der Waals surface area contributed by atoms with E-state index in [1.165, 1.54) is 4.90 Å². The van der Waals surface area contributed by atoms with Crippen molar-refractivity contribution in [2.24, 2.45) is 0 Å². The van der Waals surface area contributed by atoms with E-state index in [2.05, 4.69) is 0 Å². The molecule has 0 spiro atoms. The summed E-state index contributed by atoms with van der Waals surface area (Å²) in [5.74, 6) is -0.519. The van der Waals surface area contributed by atoms with E-state index >= 15 is 0 Å². The van der Waals surface area contributed by atoms with Gasteiger partial charge in [0.1, 0.15) is 12.6 Å². The zero-order chi connectivity index (χ0) is 26.6. The van der Waals surface area contributed by atoms with Crippen molar-refractivity contribution >= 4 is 11.9 Å². The van der Waals surface area contributed by atoms with Gasteiger partial charge in [0.2, 0.25) is 0 Å². The second kappa shape index (κ2) is 11.2. The van der Waals surface area contributed by atoms with Gasteiger partial charge in [-0.3, -0.25) is 4.79 Å². The lowest BCUT2D eigenvalue weighted by atomic mass is 9.90. The van der Waals surface area contributed by atoms with Gasteiger partial charge < -0.3 is 29.3 Å². The molecule has 1 aliphatic carbocycles. The Hall–Kier alpha value is -3.88.